The third-order valence-electron chi connectivity index (χ3n) is 3.84. The second-order valence-electron chi connectivity index (χ2n) is 6.20. The van der Waals surface area contributed by atoms with Gasteiger partial charge in [-0.3, -0.25) is 4.79 Å². The fraction of sp³-hybridized carbons (Fsp3) is 0.438. The Hall–Kier alpha value is -1.57. The Morgan fingerprint density at radius 3 is 2.83 bits per heavy atom. The number of anilines is 1. The van der Waals surface area contributed by atoms with E-state index in [2.05, 4.69) is 37.4 Å². The molecule has 0 amide bonds. The van der Waals surface area contributed by atoms with Crippen molar-refractivity contribution < 1.29 is 4.79 Å². The molecule has 0 spiro atoms. The number of ketones is 1. The SMILES string of the molecule is CC1(C)CC(=O)C=C(c2ccc3c(c2)CCN3)C1. The summed E-state index contributed by atoms with van der Waals surface area (Å²) < 4.78 is 0. The van der Waals surface area contributed by atoms with Crippen LogP contribution in [0.1, 0.15) is 37.8 Å². The molecule has 1 aliphatic carbocycles. The van der Waals surface area contributed by atoms with E-state index < -0.39 is 0 Å². The number of nitrogens with one attached hydrogen (secondary N) is 1. The maximum atomic E-state index is 11.8. The molecule has 94 valence electrons. The second-order valence-corrected chi connectivity index (χ2v) is 6.20. The van der Waals surface area contributed by atoms with Gasteiger partial charge in [0, 0.05) is 18.7 Å². The Labute approximate surface area is 108 Å². The van der Waals surface area contributed by atoms with Gasteiger partial charge in [0.1, 0.15) is 0 Å². The lowest BCUT2D eigenvalue weighted by Gasteiger charge is -2.29. The summed E-state index contributed by atoms with van der Waals surface area (Å²) in [6.07, 6.45) is 4.59. The van der Waals surface area contributed by atoms with Crippen LogP contribution in [0.25, 0.3) is 5.57 Å². The molecule has 3 rings (SSSR count). The Morgan fingerprint density at radius 1 is 1.22 bits per heavy atom. The van der Waals surface area contributed by atoms with Crippen molar-refractivity contribution in [3.8, 4) is 0 Å². The van der Waals surface area contributed by atoms with Crippen molar-refractivity contribution in [2.45, 2.75) is 33.1 Å². The molecule has 0 saturated carbocycles. The molecule has 0 fully saturated rings. The Kier molecular flexibility index (Phi) is 2.54. The first kappa shape index (κ1) is 11.5. The molecule has 18 heavy (non-hydrogen) atoms. The van der Waals surface area contributed by atoms with Crippen LogP contribution in [0.15, 0.2) is 24.3 Å². The lowest BCUT2D eigenvalue weighted by molar-refractivity contribution is -0.116. The summed E-state index contributed by atoms with van der Waals surface area (Å²) in [4.78, 5) is 11.8. The largest absolute Gasteiger partial charge is 0.384 e. The predicted molar refractivity (Wildman–Crippen MR) is 74.6 cm³/mol. The van der Waals surface area contributed by atoms with Crippen molar-refractivity contribution in [2.24, 2.45) is 5.41 Å². The fourth-order valence-electron chi connectivity index (χ4n) is 3.04. The molecule has 1 heterocycles. The summed E-state index contributed by atoms with van der Waals surface area (Å²) in [7, 11) is 0. The smallest absolute Gasteiger partial charge is 0.156 e. The van der Waals surface area contributed by atoms with E-state index in [1.54, 1.807) is 0 Å². The highest BCUT2D eigenvalue weighted by Gasteiger charge is 2.28. The third kappa shape index (κ3) is 2.07. The second kappa shape index (κ2) is 3.98. The minimum atomic E-state index is 0.0957. The van der Waals surface area contributed by atoms with Crippen LogP contribution in [0.2, 0.25) is 0 Å². The predicted octanol–water partition coefficient (Wildman–Crippen LogP) is 3.43. The summed E-state index contributed by atoms with van der Waals surface area (Å²) in [5.74, 6) is 0.264. The van der Waals surface area contributed by atoms with Gasteiger partial charge in [-0.1, -0.05) is 19.9 Å². The van der Waals surface area contributed by atoms with Crippen LogP contribution in [0.4, 0.5) is 5.69 Å². The van der Waals surface area contributed by atoms with E-state index in [9.17, 15) is 4.79 Å². The van der Waals surface area contributed by atoms with Crippen molar-refractivity contribution in [3.05, 3.63) is 35.4 Å². The molecule has 0 saturated heterocycles. The van der Waals surface area contributed by atoms with Crippen molar-refractivity contribution in [1.82, 2.24) is 0 Å². The monoisotopic (exact) mass is 241 g/mol. The summed E-state index contributed by atoms with van der Waals surface area (Å²) in [6.45, 7) is 5.38. The maximum Gasteiger partial charge on any atom is 0.156 e. The molecule has 0 unspecified atom stereocenters. The molecular weight excluding hydrogens is 222 g/mol. The Bertz CT molecular complexity index is 540. The van der Waals surface area contributed by atoms with Gasteiger partial charge in [0.05, 0.1) is 0 Å². The minimum absolute atomic E-state index is 0.0957. The highest BCUT2D eigenvalue weighted by Crippen LogP contribution is 2.39. The van der Waals surface area contributed by atoms with Gasteiger partial charge in [-0.05, 0) is 53.2 Å². The van der Waals surface area contributed by atoms with Crippen LogP contribution in [0.5, 0.6) is 0 Å². The number of carbonyl (C=O) groups excluding carboxylic acids is 1. The summed E-state index contributed by atoms with van der Waals surface area (Å²) in [6, 6.07) is 6.53. The van der Waals surface area contributed by atoms with E-state index in [4.69, 9.17) is 0 Å². The average Bonchev–Trinajstić information content (AvgIpc) is 2.72. The first-order valence-corrected chi connectivity index (χ1v) is 6.64. The minimum Gasteiger partial charge on any atom is -0.384 e. The van der Waals surface area contributed by atoms with Gasteiger partial charge >= 0.3 is 0 Å². The quantitative estimate of drug-likeness (QED) is 0.816. The first-order chi connectivity index (χ1) is 8.53. The van der Waals surface area contributed by atoms with Crippen LogP contribution < -0.4 is 5.32 Å². The summed E-state index contributed by atoms with van der Waals surface area (Å²) >= 11 is 0. The van der Waals surface area contributed by atoms with Gasteiger partial charge in [0.15, 0.2) is 5.78 Å². The highest BCUT2D eigenvalue weighted by molar-refractivity contribution is 5.99. The standard InChI is InChI=1S/C16H19NO/c1-16(2)9-13(8-14(18)10-16)11-3-4-15-12(7-11)5-6-17-15/h3-4,7-8,17H,5-6,9-10H2,1-2H3. The summed E-state index contributed by atoms with van der Waals surface area (Å²) in [5.41, 5.74) is 5.15. The number of hydrogen-bond donors (Lipinski definition) is 1. The molecule has 2 heteroatoms. The number of allylic oxidation sites excluding steroid dienone is 2. The molecule has 0 aromatic heterocycles. The van der Waals surface area contributed by atoms with Crippen molar-refractivity contribution in [3.63, 3.8) is 0 Å². The number of fused-ring (bicyclic) bond motifs is 1. The summed E-state index contributed by atoms with van der Waals surface area (Å²) in [5, 5.41) is 3.37. The molecule has 1 aromatic carbocycles. The first-order valence-electron chi connectivity index (χ1n) is 6.64. The lowest BCUT2D eigenvalue weighted by Crippen LogP contribution is -2.21. The van der Waals surface area contributed by atoms with Crippen LogP contribution in [-0.4, -0.2) is 12.3 Å². The van der Waals surface area contributed by atoms with Crippen LogP contribution in [0.3, 0.4) is 0 Å². The van der Waals surface area contributed by atoms with Crippen LogP contribution >= 0.6 is 0 Å². The van der Waals surface area contributed by atoms with Crippen molar-refractivity contribution in [1.29, 1.82) is 0 Å². The fourth-order valence-corrected chi connectivity index (χ4v) is 3.04. The molecule has 0 bridgehead atoms. The highest BCUT2D eigenvalue weighted by atomic mass is 16.1. The van der Waals surface area contributed by atoms with Crippen molar-refractivity contribution in [2.75, 3.05) is 11.9 Å². The van der Waals surface area contributed by atoms with Gasteiger partial charge in [-0.25, -0.2) is 0 Å². The van der Waals surface area contributed by atoms with E-state index in [1.807, 2.05) is 6.08 Å². The van der Waals surface area contributed by atoms with Gasteiger partial charge in [0.25, 0.3) is 0 Å². The zero-order chi connectivity index (χ0) is 12.8. The van der Waals surface area contributed by atoms with E-state index in [0.29, 0.717) is 6.42 Å². The van der Waals surface area contributed by atoms with E-state index >= 15 is 0 Å². The molecule has 1 aromatic rings. The maximum absolute atomic E-state index is 11.8. The normalized spacial score (nSPS) is 21.2. The molecule has 1 aliphatic heterocycles. The third-order valence-corrected chi connectivity index (χ3v) is 3.84. The molecule has 0 radical (unpaired) electrons. The Morgan fingerprint density at radius 2 is 2.06 bits per heavy atom. The number of carbonyl (C=O) groups is 1. The zero-order valence-corrected chi connectivity index (χ0v) is 11.0. The average molecular weight is 241 g/mol. The topological polar surface area (TPSA) is 29.1 Å². The van der Waals surface area contributed by atoms with Crippen LogP contribution in [-0.2, 0) is 11.2 Å². The van der Waals surface area contributed by atoms with E-state index in [0.717, 1.165) is 19.4 Å². The number of hydrogen-bond acceptors (Lipinski definition) is 2. The Balaban J connectivity index is 1.97. The molecule has 2 nitrogen and oxygen atoms in total. The van der Waals surface area contributed by atoms with Crippen molar-refractivity contribution >= 4 is 17.0 Å². The van der Waals surface area contributed by atoms with Gasteiger partial charge in [-0.15, -0.1) is 0 Å². The number of rotatable bonds is 1. The zero-order valence-electron chi connectivity index (χ0n) is 11.0. The molecular formula is C16H19NO. The molecule has 0 atom stereocenters. The lowest BCUT2D eigenvalue weighted by atomic mass is 9.75. The van der Waals surface area contributed by atoms with E-state index in [1.165, 1.54) is 22.4 Å². The van der Waals surface area contributed by atoms with Crippen LogP contribution in [0, 0.1) is 5.41 Å². The molecule has 2 aliphatic rings. The number of benzene rings is 1. The van der Waals surface area contributed by atoms with Gasteiger partial charge in [0.2, 0.25) is 0 Å². The van der Waals surface area contributed by atoms with Gasteiger partial charge in [-0.2, -0.15) is 0 Å². The molecule has 1 N–H and O–H groups in total. The van der Waals surface area contributed by atoms with E-state index in [-0.39, 0.29) is 11.2 Å². The van der Waals surface area contributed by atoms with Gasteiger partial charge < -0.3 is 5.32 Å².